The molecule has 27 heavy (non-hydrogen) atoms. The van der Waals surface area contributed by atoms with Crippen molar-refractivity contribution in [2.75, 3.05) is 32.8 Å². The maximum atomic E-state index is 12.4. The third-order valence-corrected chi connectivity index (χ3v) is 5.79. The molecule has 1 aromatic rings. The van der Waals surface area contributed by atoms with Crippen molar-refractivity contribution in [3.63, 3.8) is 0 Å². The van der Waals surface area contributed by atoms with Crippen molar-refractivity contribution in [3.8, 4) is 11.5 Å². The fraction of sp³-hybridized carbons (Fsp3) is 0.588. The van der Waals surface area contributed by atoms with Crippen LogP contribution in [-0.2, 0) is 14.8 Å². The van der Waals surface area contributed by atoms with Crippen molar-refractivity contribution in [2.45, 2.75) is 36.6 Å². The minimum Gasteiger partial charge on any atom is -0.490 e. The molecule has 152 valence electrons. The van der Waals surface area contributed by atoms with E-state index in [0.29, 0.717) is 24.7 Å². The standard InChI is InChI=1S/C17H25N3O5S.ClH/c21-17(20-13-3-1-7-18-12-13)6-8-19-26(22,23)14-4-5-15-16(11-14)25-10-2-9-24-15;/h4-5,11,13,18-19H,1-3,6-10,12H2,(H,20,21);1H. The predicted octanol–water partition coefficient (Wildman–Crippen LogP) is 0.806. The zero-order valence-corrected chi connectivity index (χ0v) is 16.7. The Morgan fingerprint density at radius 2 is 1.96 bits per heavy atom. The van der Waals surface area contributed by atoms with E-state index in [1.54, 1.807) is 6.07 Å². The summed E-state index contributed by atoms with van der Waals surface area (Å²) in [5.74, 6) is 0.815. The third kappa shape index (κ3) is 6.24. The molecule has 0 bridgehead atoms. The minimum atomic E-state index is -3.71. The summed E-state index contributed by atoms with van der Waals surface area (Å²) in [6.45, 7) is 2.81. The Hall–Kier alpha value is -1.55. The van der Waals surface area contributed by atoms with Crippen LogP contribution in [-0.4, -0.2) is 53.2 Å². The number of piperidine rings is 1. The number of nitrogens with one attached hydrogen (secondary N) is 3. The average molecular weight is 420 g/mol. The van der Waals surface area contributed by atoms with Crippen LogP contribution in [0, 0.1) is 0 Å². The molecule has 2 heterocycles. The number of halogens is 1. The third-order valence-electron chi connectivity index (χ3n) is 4.34. The second-order valence-electron chi connectivity index (χ2n) is 6.42. The molecule has 0 radical (unpaired) electrons. The molecule has 8 nitrogen and oxygen atoms in total. The van der Waals surface area contributed by atoms with E-state index in [1.807, 2.05) is 0 Å². The smallest absolute Gasteiger partial charge is 0.240 e. The van der Waals surface area contributed by atoms with Crippen LogP contribution in [0.4, 0.5) is 0 Å². The summed E-state index contributed by atoms with van der Waals surface area (Å²) >= 11 is 0. The zero-order valence-electron chi connectivity index (χ0n) is 15.0. The van der Waals surface area contributed by atoms with E-state index in [4.69, 9.17) is 9.47 Å². The molecule has 1 saturated heterocycles. The Morgan fingerprint density at radius 3 is 2.70 bits per heavy atom. The average Bonchev–Trinajstić information content (AvgIpc) is 2.87. The van der Waals surface area contributed by atoms with E-state index >= 15 is 0 Å². The van der Waals surface area contributed by atoms with Crippen molar-refractivity contribution in [3.05, 3.63) is 18.2 Å². The number of hydrogen-bond donors (Lipinski definition) is 3. The number of fused-ring (bicyclic) bond motifs is 1. The molecule has 1 unspecified atom stereocenters. The lowest BCUT2D eigenvalue weighted by Crippen LogP contribution is -2.46. The van der Waals surface area contributed by atoms with Crippen LogP contribution in [0.1, 0.15) is 25.7 Å². The molecular weight excluding hydrogens is 394 g/mol. The van der Waals surface area contributed by atoms with E-state index in [0.717, 1.165) is 32.4 Å². The SMILES string of the molecule is Cl.O=C(CCNS(=O)(=O)c1ccc2c(c1)OCCCO2)NC1CCCNC1. The lowest BCUT2D eigenvalue weighted by atomic mass is 10.1. The predicted molar refractivity (Wildman–Crippen MR) is 103 cm³/mol. The van der Waals surface area contributed by atoms with Gasteiger partial charge in [-0.2, -0.15) is 0 Å². The molecule has 3 N–H and O–H groups in total. The number of ether oxygens (including phenoxy) is 2. The van der Waals surface area contributed by atoms with E-state index < -0.39 is 10.0 Å². The molecule has 0 spiro atoms. The zero-order chi connectivity index (χ0) is 18.4. The molecule has 1 fully saturated rings. The highest BCUT2D eigenvalue weighted by molar-refractivity contribution is 7.89. The minimum absolute atomic E-state index is 0. The van der Waals surface area contributed by atoms with Crippen LogP contribution in [0.5, 0.6) is 11.5 Å². The number of hydrogen-bond acceptors (Lipinski definition) is 6. The number of sulfonamides is 1. The first-order chi connectivity index (χ1) is 12.5. The van der Waals surface area contributed by atoms with Gasteiger partial charge in [-0.25, -0.2) is 13.1 Å². The maximum Gasteiger partial charge on any atom is 0.240 e. The highest BCUT2D eigenvalue weighted by Gasteiger charge is 2.20. The van der Waals surface area contributed by atoms with Crippen molar-refractivity contribution < 1.29 is 22.7 Å². The molecule has 1 atom stereocenters. The fourth-order valence-corrected chi connectivity index (χ4v) is 4.01. The topological polar surface area (TPSA) is 106 Å². The highest BCUT2D eigenvalue weighted by Crippen LogP contribution is 2.31. The van der Waals surface area contributed by atoms with Gasteiger partial charge >= 0.3 is 0 Å². The van der Waals surface area contributed by atoms with E-state index in [2.05, 4.69) is 15.4 Å². The molecule has 0 aliphatic carbocycles. The van der Waals surface area contributed by atoms with E-state index in [9.17, 15) is 13.2 Å². The summed E-state index contributed by atoms with van der Waals surface area (Å²) in [7, 11) is -3.71. The molecule has 1 aromatic carbocycles. The van der Waals surface area contributed by atoms with Gasteiger partial charge < -0.3 is 20.1 Å². The summed E-state index contributed by atoms with van der Waals surface area (Å²) in [6.07, 6.45) is 2.82. The summed E-state index contributed by atoms with van der Waals surface area (Å²) in [5.41, 5.74) is 0. The summed E-state index contributed by atoms with van der Waals surface area (Å²) in [4.78, 5) is 12.0. The first kappa shape index (κ1) is 21.7. The first-order valence-corrected chi connectivity index (χ1v) is 10.4. The maximum absolute atomic E-state index is 12.4. The van der Waals surface area contributed by atoms with Crippen molar-refractivity contribution >= 4 is 28.3 Å². The van der Waals surface area contributed by atoms with Crippen LogP contribution in [0.15, 0.2) is 23.1 Å². The molecule has 1 amide bonds. The molecule has 0 aromatic heterocycles. The molecular formula is C17H26ClN3O5S. The Morgan fingerprint density at radius 1 is 1.19 bits per heavy atom. The molecule has 0 saturated carbocycles. The van der Waals surface area contributed by atoms with Crippen molar-refractivity contribution in [1.82, 2.24) is 15.4 Å². The quantitative estimate of drug-likeness (QED) is 0.630. The Labute approximate surface area is 165 Å². The molecule has 10 heteroatoms. The monoisotopic (exact) mass is 419 g/mol. The van der Waals surface area contributed by atoms with Gasteiger partial charge in [0.05, 0.1) is 18.1 Å². The second kappa shape index (κ2) is 10.1. The van der Waals surface area contributed by atoms with Crippen molar-refractivity contribution in [1.29, 1.82) is 0 Å². The van der Waals surface area contributed by atoms with Crippen LogP contribution < -0.4 is 24.8 Å². The summed E-state index contributed by atoms with van der Waals surface area (Å²) < 4.78 is 38.3. The van der Waals surface area contributed by atoms with Gasteiger partial charge in [0.25, 0.3) is 0 Å². The van der Waals surface area contributed by atoms with E-state index in [-0.39, 0.29) is 42.2 Å². The van der Waals surface area contributed by atoms with Crippen LogP contribution in [0.2, 0.25) is 0 Å². The Bertz CT molecular complexity index is 738. The van der Waals surface area contributed by atoms with Gasteiger partial charge in [0.1, 0.15) is 0 Å². The van der Waals surface area contributed by atoms with Gasteiger partial charge in [-0.1, -0.05) is 0 Å². The number of amides is 1. The Kier molecular flexibility index (Phi) is 8.15. The van der Waals surface area contributed by atoms with Gasteiger partial charge in [-0.15, -0.1) is 12.4 Å². The highest BCUT2D eigenvalue weighted by atomic mass is 35.5. The van der Waals surface area contributed by atoms with Crippen LogP contribution in [0.3, 0.4) is 0 Å². The number of benzene rings is 1. The van der Waals surface area contributed by atoms with Gasteiger partial charge in [0, 0.05) is 38.0 Å². The second-order valence-corrected chi connectivity index (χ2v) is 8.18. The first-order valence-electron chi connectivity index (χ1n) is 8.94. The van der Waals surface area contributed by atoms with Crippen LogP contribution in [0.25, 0.3) is 0 Å². The fourth-order valence-electron chi connectivity index (χ4n) is 2.97. The van der Waals surface area contributed by atoms with Gasteiger partial charge in [-0.3, -0.25) is 4.79 Å². The van der Waals surface area contributed by atoms with E-state index in [1.165, 1.54) is 12.1 Å². The van der Waals surface area contributed by atoms with Gasteiger partial charge in [0.2, 0.25) is 15.9 Å². The van der Waals surface area contributed by atoms with Gasteiger partial charge in [-0.05, 0) is 31.5 Å². The van der Waals surface area contributed by atoms with Gasteiger partial charge in [0.15, 0.2) is 11.5 Å². The number of rotatable bonds is 6. The molecule has 3 rings (SSSR count). The number of carbonyl (C=O) groups excluding carboxylic acids is 1. The van der Waals surface area contributed by atoms with Crippen molar-refractivity contribution in [2.24, 2.45) is 0 Å². The largest absolute Gasteiger partial charge is 0.490 e. The molecule has 2 aliphatic rings. The lowest BCUT2D eigenvalue weighted by Gasteiger charge is -2.23. The normalized spacial score (nSPS) is 19.5. The number of carbonyl (C=O) groups is 1. The lowest BCUT2D eigenvalue weighted by molar-refractivity contribution is -0.121. The summed E-state index contributed by atoms with van der Waals surface area (Å²) in [6, 6.07) is 4.65. The molecule has 2 aliphatic heterocycles. The van der Waals surface area contributed by atoms with Crippen LogP contribution >= 0.6 is 12.4 Å². The Balaban J connectivity index is 0.00000261. The summed E-state index contributed by atoms with van der Waals surface area (Å²) in [5, 5.41) is 6.14.